The number of alkyl halides is 2. The third-order valence-electron chi connectivity index (χ3n) is 2.40. The predicted octanol–water partition coefficient (Wildman–Crippen LogP) is 3.27. The number of aromatic nitrogens is 2. The summed E-state index contributed by atoms with van der Waals surface area (Å²) in [5.41, 5.74) is 0.394. The van der Waals surface area contributed by atoms with Gasteiger partial charge < -0.3 is 9.67 Å². The average Bonchev–Trinajstić information content (AvgIpc) is 2.65. The van der Waals surface area contributed by atoms with Crippen LogP contribution in [0.3, 0.4) is 0 Å². The number of carboxylic acids is 1. The van der Waals surface area contributed by atoms with Gasteiger partial charge in [0.2, 0.25) is 0 Å². The van der Waals surface area contributed by atoms with Crippen molar-refractivity contribution in [1.82, 2.24) is 9.55 Å². The van der Waals surface area contributed by atoms with Crippen LogP contribution >= 0.6 is 23.4 Å². The largest absolute Gasteiger partial charge is 0.481 e. The molecule has 9 heteroatoms. The number of hydrogen-bond acceptors (Lipinski definition) is 3. The van der Waals surface area contributed by atoms with E-state index in [9.17, 15) is 18.0 Å². The van der Waals surface area contributed by atoms with E-state index >= 15 is 0 Å². The second-order valence-electron chi connectivity index (χ2n) is 3.83. The topological polar surface area (TPSA) is 55.1 Å². The lowest BCUT2D eigenvalue weighted by molar-refractivity contribution is -0.133. The van der Waals surface area contributed by atoms with Crippen molar-refractivity contribution in [3.8, 4) is 0 Å². The minimum Gasteiger partial charge on any atom is -0.481 e. The molecular formula is C11H8ClF3N2O2S. The van der Waals surface area contributed by atoms with Crippen LogP contribution in [0.4, 0.5) is 13.2 Å². The lowest BCUT2D eigenvalue weighted by atomic mass is 10.3. The molecular weight excluding hydrogens is 317 g/mol. The molecule has 0 amide bonds. The van der Waals surface area contributed by atoms with Crippen molar-refractivity contribution in [3.63, 3.8) is 0 Å². The number of carbonyl (C=O) groups is 1. The van der Waals surface area contributed by atoms with Crippen molar-refractivity contribution in [2.75, 3.05) is 5.75 Å². The number of thioether (sulfide) groups is 1. The molecule has 108 valence electrons. The number of benzene rings is 1. The highest BCUT2D eigenvalue weighted by atomic mass is 35.5. The van der Waals surface area contributed by atoms with Gasteiger partial charge in [0.1, 0.15) is 5.82 Å². The highest BCUT2D eigenvalue weighted by Gasteiger charge is 2.17. The molecule has 2 rings (SSSR count). The molecule has 0 saturated heterocycles. The van der Waals surface area contributed by atoms with Crippen molar-refractivity contribution in [1.29, 1.82) is 0 Å². The number of fused-ring (bicyclic) bond motifs is 1. The van der Waals surface area contributed by atoms with E-state index in [0.717, 1.165) is 22.4 Å². The summed E-state index contributed by atoms with van der Waals surface area (Å²) in [6.45, 7) is -0.695. The van der Waals surface area contributed by atoms with Gasteiger partial charge in [-0.2, -0.15) is 0 Å². The zero-order valence-electron chi connectivity index (χ0n) is 9.82. The van der Waals surface area contributed by atoms with Crippen LogP contribution in [-0.2, 0) is 11.3 Å². The SMILES string of the molecule is O=C(O)CSc1nc2cc(Cl)c(F)cc2n1CC(F)F. The molecule has 0 bridgehead atoms. The fourth-order valence-electron chi connectivity index (χ4n) is 1.65. The van der Waals surface area contributed by atoms with Crippen LogP contribution in [-0.4, -0.2) is 32.8 Å². The lowest BCUT2D eigenvalue weighted by Crippen LogP contribution is -2.09. The van der Waals surface area contributed by atoms with Gasteiger partial charge in [-0.15, -0.1) is 0 Å². The molecule has 0 saturated carbocycles. The number of halogens is 4. The van der Waals surface area contributed by atoms with Crippen LogP contribution in [0.25, 0.3) is 11.0 Å². The number of carboxylic acid groups (broad SMARTS) is 1. The van der Waals surface area contributed by atoms with Crippen molar-refractivity contribution >= 4 is 40.4 Å². The van der Waals surface area contributed by atoms with Crippen molar-refractivity contribution < 1.29 is 23.1 Å². The molecule has 1 heterocycles. The smallest absolute Gasteiger partial charge is 0.313 e. The molecule has 0 radical (unpaired) electrons. The zero-order chi connectivity index (χ0) is 14.9. The van der Waals surface area contributed by atoms with Gasteiger partial charge in [-0.1, -0.05) is 23.4 Å². The van der Waals surface area contributed by atoms with Gasteiger partial charge in [-0.3, -0.25) is 4.79 Å². The summed E-state index contributed by atoms with van der Waals surface area (Å²) in [6.07, 6.45) is -2.67. The van der Waals surface area contributed by atoms with Crippen LogP contribution in [0.1, 0.15) is 0 Å². The number of hydrogen-bond donors (Lipinski definition) is 1. The van der Waals surface area contributed by atoms with Crippen molar-refractivity contribution in [3.05, 3.63) is 23.0 Å². The van der Waals surface area contributed by atoms with E-state index in [4.69, 9.17) is 16.7 Å². The highest BCUT2D eigenvalue weighted by molar-refractivity contribution is 7.99. The van der Waals surface area contributed by atoms with Gasteiger partial charge in [0.05, 0.1) is 28.4 Å². The maximum absolute atomic E-state index is 13.4. The number of aliphatic carboxylic acids is 1. The molecule has 0 aliphatic rings. The summed E-state index contributed by atoms with van der Waals surface area (Å²) in [5, 5.41) is 8.54. The molecule has 20 heavy (non-hydrogen) atoms. The summed E-state index contributed by atoms with van der Waals surface area (Å²) in [7, 11) is 0. The highest BCUT2D eigenvalue weighted by Crippen LogP contribution is 2.28. The summed E-state index contributed by atoms with van der Waals surface area (Å²) < 4.78 is 39.7. The van der Waals surface area contributed by atoms with E-state index in [0.29, 0.717) is 0 Å². The monoisotopic (exact) mass is 324 g/mol. The first-order valence-corrected chi connectivity index (χ1v) is 6.73. The van der Waals surface area contributed by atoms with Gasteiger partial charge in [0.15, 0.2) is 5.16 Å². The van der Waals surface area contributed by atoms with Crippen LogP contribution in [0, 0.1) is 5.82 Å². The van der Waals surface area contributed by atoms with Crippen molar-refractivity contribution in [2.45, 2.75) is 18.1 Å². The fourth-order valence-corrected chi connectivity index (χ4v) is 2.55. The zero-order valence-corrected chi connectivity index (χ0v) is 11.4. The molecule has 1 aromatic heterocycles. The minimum absolute atomic E-state index is 0.0874. The van der Waals surface area contributed by atoms with Crippen LogP contribution in [0.5, 0.6) is 0 Å². The first kappa shape index (κ1) is 15.0. The molecule has 0 atom stereocenters. The third kappa shape index (κ3) is 3.18. The Labute approximate surface area is 120 Å². The first-order chi connectivity index (χ1) is 9.38. The second kappa shape index (κ2) is 5.92. The predicted molar refractivity (Wildman–Crippen MR) is 69.1 cm³/mol. The van der Waals surface area contributed by atoms with Gasteiger partial charge >= 0.3 is 5.97 Å². The van der Waals surface area contributed by atoms with E-state index < -0.39 is 24.8 Å². The van der Waals surface area contributed by atoms with Crippen LogP contribution in [0.2, 0.25) is 5.02 Å². The molecule has 0 spiro atoms. The van der Waals surface area contributed by atoms with Crippen LogP contribution < -0.4 is 0 Å². The molecule has 1 N–H and O–H groups in total. The van der Waals surface area contributed by atoms with Crippen LogP contribution in [0.15, 0.2) is 17.3 Å². The van der Waals surface area contributed by atoms with Gasteiger partial charge in [-0.25, -0.2) is 18.2 Å². The molecule has 0 unspecified atom stereocenters. The normalized spacial score (nSPS) is 11.4. The molecule has 0 fully saturated rings. The Kier molecular flexibility index (Phi) is 4.44. The lowest BCUT2D eigenvalue weighted by Gasteiger charge is -2.07. The van der Waals surface area contributed by atoms with E-state index in [1.807, 2.05) is 0 Å². The minimum atomic E-state index is -2.67. The molecule has 1 aromatic carbocycles. The maximum Gasteiger partial charge on any atom is 0.313 e. The fraction of sp³-hybridized carbons (Fsp3) is 0.273. The standard InChI is InChI=1S/C11H8ClF3N2O2S/c12-5-1-7-8(2-6(5)13)17(3-9(14)15)11(16-7)20-4-10(18)19/h1-2,9H,3-4H2,(H,18,19). The third-order valence-corrected chi connectivity index (χ3v) is 3.65. The molecule has 0 aliphatic heterocycles. The Balaban J connectivity index is 2.51. The summed E-state index contributed by atoms with van der Waals surface area (Å²) >= 11 is 6.40. The van der Waals surface area contributed by atoms with Gasteiger partial charge in [0, 0.05) is 6.07 Å². The quantitative estimate of drug-likeness (QED) is 0.858. The molecule has 0 aliphatic carbocycles. The number of imidazole rings is 1. The van der Waals surface area contributed by atoms with E-state index in [1.54, 1.807) is 0 Å². The Morgan fingerprint density at radius 3 is 2.80 bits per heavy atom. The number of rotatable bonds is 5. The molecule has 2 aromatic rings. The summed E-state index contributed by atoms with van der Waals surface area (Å²) in [5.74, 6) is -2.18. The Bertz CT molecular complexity index is 663. The second-order valence-corrected chi connectivity index (χ2v) is 5.18. The Morgan fingerprint density at radius 1 is 1.50 bits per heavy atom. The Hall–Kier alpha value is -1.41. The van der Waals surface area contributed by atoms with E-state index in [1.165, 1.54) is 6.07 Å². The van der Waals surface area contributed by atoms with Gasteiger partial charge in [-0.05, 0) is 6.07 Å². The molecule has 4 nitrogen and oxygen atoms in total. The summed E-state index contributed by atoms with van der Waals surface area (Å²) in [6, 6.07) is 2.23. The maximum atomic E-state index is 13.4. The van der Waals surface area contributed by atoms with Gasteiger partial charge in [0.25, 0.3) is 6.43 Å². The first-order valence-electron chi connectivity index (χ1n) is 5.36. The number of nitrogens with zero attached hydrogens (tertiary/aromatic N) is 2. The van der Waals surface area contributed by atoms with E-state index in [2.05, 4.69) is 4.98 Å². The Morgan fingerprint density at radius 2 is 2.20 bits per heavy atom. The average molecular weight is 325 g/mol. The van der Waals surface area contributed by atoms with Crippen molar-refractivity contribution in [2.24, 2.45) is 0 Å². The summed E-state index contributed by atoms with van der Waals surface area (Å²) in [4.78, 5) is 14.6. The van der Waals surface area contributed by atoms with E-state index in [-0.39, 0.29) is 27.0 Å².